The highest BCUT2D eigenvalue weighted by Gasteiger charge is 2.18. The number of fused-ring (bicyclic) bond motifs is 1. The zero-order valence-electron chi connectivity index (χ0n) is 17.9. The smallest absolute Gasteiger partial charge is 0.263 e. The quantitative estimate of drug-likeness (QED) is 0.577. The zero-order chi connectivity index (χ0) is 22.0. The first-order chi connectivity index (χ1) is 15.0. The van der Waals surface area contributed by atoms with Crippen molar-refractivity contribution in [1.82, 2.24) is 19.4 Å². The maximum Gasteiger partial charge on any atom is 0.263 e. The molecule has 0 bridgehead atoms. The summed E-state index contributed by atoms with van der Waals surface area (Å²) >= 11 is 6.02. The fraction of sp³-hybridized carbons (Fsp3) is 0.375. The van der Waals surface area contributed by atoms with Crippen LogP contribution in [0.15, 0.2) is 47.0 Å². The molecular weight excluding hydrogens is 412 g/mol. The van der Waals surface area contributed by atoms with Crippen molar-refractivity contribution in [3.8, 4) is 5.69 Å². The number of amides is 1. The largest absolute Gasteiger partial charge is 0.354 e. The molecule has 0 atom stereocenters. The van der Waals surface area contributed by atoms with Crippen LogP contribution in [0.2, 0.25) is 5.02 Å². The molecule has 0 fully saturated rings. The number of aromatic nitrogens is 3. The van der Waals surface area contributed by atoms with Crippen LogP contribution in [0, 0.1) is 13.8 Å². The molecule has 0 unspecified atom stereocenters. The molecule has 0 saturated carbocycles. The van der Waals surface area contributed by atoms with Gasteiger partial charge in [0.2, 0.25) is 5.91 Å². The van der Waals surface area contributed by atoms with E-state index < -0.39 is 0 Å². The number of carbonyl (C=O) groups excluding carboxylic acids is 1. The molecule has 2 aromatic heterocycles. The Bertz CT molecular complexity index is 1210. The summed E-state index contributed by atoms with van der Waals surface area (Å²) in [6.07, 6.45) is 9.37. The van der Waals surface area contributed by atoms with Crippen LogP contribution in [0.25, 0.3) is 16.7 Å². The summed E-state index contributed by atoms with van der Waals surface area (Å²) in [6, 6.07) is 7.42. The van der Waals surface area contributed by atoms with Crippen molar-refractivity contribution in [3.63, 3.8) is 0 Å². The Hall–Kier alpha value is -2.86. The number of nitrogens with one attached hydrogen (secondary N) is 1. The lowest BCUT2D eigenvalue weighted by Crippen LogP contribution is -2.33. The topological polar surface area (TPSA) is 68.9 Å². The Morgan fingerprint density at radius 2 is 1.97 bits per heavy atom. The third-order valence-electron chi connectivity index (χ3n) is 6.03. The molecule has 1 N–H and O–H groups in total. The van der Waals surface area contributed by atoms with Crippen LogP contribution in [0.4, 0.5) is 0 Å². The first kappa shape index (κ1) is 21.4. The van der Waals surface area contributed by atoms with E-state index in [-0.39, 0.29) is 18.0 Å². The molecule has 31 heavy (non-hydrogen) atoms. The molecule has 0 saturated heterocycles. The number of rotatable bonds is 6. The molecule has 0 spiro atoms. The molecule has 3 aromatic rings. The third kappa shape index (κ3) is 4.44. The molecule has 4 rings (SSSR count). The van der Waals surface area contributed by atoms with E-state index >= 15 is 0 Å². The van der Waals surface area contributed by atoms with Crippen LogP contribution in [-0.2, 0) is 11.3 Å². The molecule has 2 heterocycles. The number of hydrogen-bond acceptors (Lipinski definition) is 3. The molecule has 0 aliphatic heterocycles. The minimum Gasteiger partial charge on any atom is -0.354 e. The fourth-order valence-corrected chi connectivity index (χ4v) is 4.34. The van der Waals surface area contributed by atoms with Gasteiger partial charge in [-0.3, -0.25) is 18.7 Å². The molecule has 6 nitrogen and oxygen atoms in total. The highest BCUT2D eigenvalue weighted by molar-refractivity contribution is 6.30. The van der Waals surface area contributed by atoms with Gasteiger partial charge < -0.3 is 5.32 Å². The minimum absolute atomic E-state index is 0.0363. The van der Waals surface area contributed by atoms with Gasteiger partial charge in [0.05, 0.1) is 5.39 Å². The molecule has 1 aromatic carbocycles. The lowest BCUT2D eigenvalue weighted by Gasteiger charge is -2.13. The number of carbonyl (C=O) groups is 1. The molecule has 0 radical (unpaired) electrons. The van der Waals surface area contributed by atoms with Gasteiger partial charge in [0.25, 0.3) is 5.56 Å². The first-order valence-corrected chi connectivity index (χ1v) is 11.1. The molecule has 7 heteroatoms. The lowest BCUT2D eigenvalue weighted by molar-refractivity contribution is -0.121. The third-order valence-corrected chi connectivity index (χ3v) is 6.29. The van der Waals surface area contributed by atoms with Crippen molar-refractivity contribution in [2.75, 3.05) is 6.54 Å². The van der Waals surface area contributed by atoms with Gasteiger partial charge in [-0.15, -0.1) is 0 Å². The number of benzene rings is 1. The molecule has 1 aliphatic carbocycles. The van der Waals surface area contributed by atoms with Crippen LogP contribution in [-0.4, -0.2) is 26.6 Å². The van der Waals surface area contributed by atoms with Crippen molar-refractivity contribution in [2.24, 2.45) is 0 Å². The fourth-order valence-electron chi connectivity index (χ4n) is 4.21. The van der Waals surface area contributed by atoms with Gasteiger partial charge in [0, 0.05) is 22.9 Å². The Kier molecular flexibility index (Phi) is 6.28. The summed E-state index contributed by atoms with van der Waals surface area (Å²) in [6.45, 7) is 4.43. The Labute approximate surface area is 186 Å². The first-order valence-electron chi connectivity index (χ1n) is 10.7. The van der Waals surface area contributed by atoms with Gasteiger partial charge in [-0.2, -0.15) is 0 Å². The predicted octanol–water partition coefficient (Wildman–Crippen LogP) is 4.46. The number of allylic oxidation sites excluding steroid dienone is 1. The summed E-state index contributed by atoms with van der Waals surface area (Å²) < 4.78 is 3.33. The van der Waals surface area contributed by atoms with E-state index in [0.717, 1.165) is 36.2 Å². The summed E-state index contributed by atoms with van der Waals surface area (Å²) in [5, 5.41) is 4.12. The van der Waals surface area contributed by atoms with Gasteiger partial charge in [0.1, 0.15) is 12.9 Å². The predicted molar refractivity (Wildman–Crippen MR) is 124 cm³/mol. The van der Waals surface area contributed by atoms with Gasteiger partial charge in [-0.05, 0) is 75.8 Å². The second-order valence-electron chi connectivity index (χ2n) is 8.11. The van der Waals surface area contributed by atoms with E-state index in [1.54, 1.807) is 0 Å². The Morgan fingerprint density at radius 3 is 2.68 bits per heavy atom. The number of halogens is 1. The average Bonchev–Trinajstić information content (AvgIpc) is 3.02. The van der Waals surface area contributed by atoms with Crippen molar-refractivity contribution in [2.45, 2.75) is 52.5 Å². The van der Waals surface area contributed by atoms with Crippen LogP contribution in [0.5, 0.6) is 0 Å². The van der Waals surface area contributed by atoms with E-state index in [1.165, 1.54) is 29.3 Å². The lowest BCUT2D eigenvalue weighted by atomic mass is 9.97. The maximum atomic E-state index is 13.2. The summed E-state index contributed by atoms with van der Waals surface area (Å²) in [5.41, 5.74) is 4.49. The van der Waals surface area contributed by atoms with Crippen molar-refractivity contribution < 1.29 is 4.79 Å². The second-order valence-corrected chi connectivity index (χ2v) is 8.54. The number of nitrogens with zero attached hydrogens (tertiary/aromatic N) is 3. The average molecular weight is 439 g/mol. The van der Waals surface area contributed by atoms with Gasteiger partial charge in [-0.1, -0.05) is 23.3 Å². The highest BCUT2D eigenvalue weighted by atomic mass is 35.5. The van der Waals surface area contributed by atoms with Gasteiger partial charge in [0.15, 0.2) is 5.65 Å². The van der Waals surface area contributed by atoms with Crippen LogP contribution >= 0.6 is 11.6 Å². The van der Waals surface area contributed by atoms with Crippen LogP contribution in [0.3, 0.4) is 0 Å². The van der Waals surface area contributed by atoms with E-state index in [4.69, 9.17) is 11.6 Å². The Morgan fingerprint density at radius 1 is 1.19 bits per heavy atom. The number of hydrogen-bond donors (Lipinski definition) is 1. The van der Waals surface area contributed by atoms with Crippen molar-refractivity contribution in [3.05, 3.63) is 68.9 Å². The molecule has 162 valence electrons. The SMILES string of the molecule is Cc1c(C)n(-c2ccc(Cl)cc2)c2ncn(CC(=O)NCCC3=CCCCC3)c(=O)c12. The maximum absolute atomic E-state index is 13.2. The summed E-state index contributed by atoms with van der Waals surface area (Å²) in [4.78, 5) is 30.1. The van der Waals surface area contributed by atoms with Crippen LogP contribution in [0.1, 0.15) is 43.4 Å². The van der Waals surface area contributed by atoms with Crippen LogP contribution < -0.4 is 10.9 Å². The summed E-state index contributed by atoms with van der Waals surface area (Å²) in [5.74, 6) is -0.175. The second kappa shape index (κ2) is 9.10. The zero-order valence-corrected chi connectivity index (χ0v) is 18.7. The molecule has 1 aliphatic rings. The van der Waals surface area contributed by atoms with Gasteiger partial charge in [-0.25, -0.2) is 4.98 Å². The van der Waals surface area contributed by atoms with Crippen molar-refractivity contribution >= 4 is 28.5 Å². The van der Waals surface area contributed by atoms with Gasteiger partial charge >= 0.3 is 0 Å². The Balaban J connectivity index is 1.54. The van der Waals surface area contributed by atoms with Crippen molar-refractivity contribution in [1.29, 1.82) is 0 Å². The van der Waals surface area contributed by atoms with E-state index in [9.17, 15) is 9.59 Å². The van der Waals surface area contributed by atoms with E-state index in [0.29, 0.717) is 22.6 Å². The van der Waals surface area contributed by atoms with E-state index in [1.807, 2.05) is 42.7 Å². The number of aryl methyl sites for hydroxylation is 1. The monoisotopic (exact) mass is 438 g/mol. The molecule has 1 amide bonds. The highest BCUT2D eigenvalue weighted by Crippen LogP contribution is 2.25. The van der Waals surface area contributed by atoms with E-state index in [2.05, 4.69) is 16.4 Å². The standard InChI is InChI=1S/C24H27ClN4O2/c1-16-17(2)29(20-10-8-19(25)9-11-20)23-22(16)24(31)28(15-27-23)14-21(30)26-13-12-18-6-4-3-5-7-18/h6,8-11,15H,3-5,7,12-14H2,1-2H3,(H,26,30). The summed E-state index contributed by atoms with van der Waals surface area (Å²) in [7, 11) is 0. The normalized spacial score (nSPS) is 14.0. The minimum atomic E-state index is -0.205. The molecular formula is C24H27ClN4O2.